The van der Waals surface area contributed by atoms with Crippen LogP contribution in [-0.2, 0) is 11.8 Å². The second-order valence-corrected chi connectivity index (χ2v) is 8.12. The number of phenols is 1. The summed E-state index contributed by atoms with van der Waals surface area (Å²) in [5, 5.41) is 11.3. The molecule has 2 rings (SSSR count). The van der Waals surface area contributed by atoms with Gasteiger partial charge in [-0.25, -0.2) is 4.79 Å². The molecule has 23 heavy (non-hydrogen) atoms. The van der Waals surface area contributed by atoms with Crippen molar-refractivity contribution >= 4 is 11.0 Å². The number of hydrogen-bond donors (Lipinski definition) is 2. The fourth-order valence-corrected chi connectivity index (χ4v) is 3.59. The van der Waals surface area contributed by atoms with E-state index < -0.39 is 5.63 Å². The van der Waals surface area contributed by atoms with E-state index >= 15 is 0 Å². The Kier molecular flexibility index (Phi) is 4.58. The van der Waals surface area contributed by atoms with Gasteiger partial charge in [0.1, 0.15) is 11.3 Å². The monoisotopic (exact) mass is 317 g/mol. The van der Waals surface area contributed by atoms with E-state index in [1.807, 2.05) is 6.07 Å². The zero-order chi connectivity index (χ0) is 17.4. The van der Waals surface area contributed by atoms with Crippen LogP contribution in [0.2, 0.25) is 0 Å². The predicted molar refractivity (Wildman–Crippen MR) is 94.0 cm³/mol. The maximum absolute atomic E-state index is 11.7. The Morgan fingerprint density at radius 3 is 2.35 bits per heavy atom. The first-order valence-corrected chi connectivity index (χ1v) is 8.04. The number of rotatable bonds is 4. The van der Waals surface area contributed by atoms with Gasteiger partial charge in [-0.1, -0.05) is 34.6 Å². The molecule has 0 aliphatic carbocycles. The van der Waals surface area contributed by atoms with E-state index in [0.717, 1.165) is 22.9 Å². The summed E-state index contributed by atoms with van der Waals surface area (Å²) < 4.78 is 5.24. The molecule has 0 radical (unpaired) electrons. The Morgan fingerprint density at radius 2 is 1.78 bits per heavy atom. The highest BCUT2D eigenvalue weighted by atomic mass is 16.4. The van der Waals surface area contributed by atoms with E-state index in [1.54, 1.807) is 6.07 Å². The van der Waals surface area contributed by atoms with Crippen LogP contribution in [0.3, 0.4) is 0 Å². The molecule has 1 aromatic heterocycles. The van der Waals surface area contributed by atoms with E-state index in [9.17, 15) is 9.90 Å². The van der Waals surface area contributed by atoms with Crippen molar-refractivity contribution in [1.82, 2.24) is 0 Å². The van der Waals surface area contributed by atoms with E-state index in [1.165, 1.54) is 6.07 Å². The lowest BCUT2D eigenvalue weighted by Crippen LogP contribution is -2.25. The lowest BCUT2D eigenvalue weighted by molar-refractivity contribution is 0.278. The SMILES string of the molecule is CC(C)(C)CC(C)(C)c1cc2c(CCN)cc(=O)oc2cc1O. The van der Waals surface area contributed by atoms with Gasteiger partial charge in [-0.3, -0.25) is 0 Å². The summed E-state index contributed by atoms with van der Waals surface area (Å²) >= 11 is 0. The van der Waals surface area contributed by atoms with Gasteiger partial charge in [-0.2, -0.15) is 0 Å². The van der Waals surface area contributed by atoms with Crippen LogP contribution in [0.25, 0.3) is 11.0 Å². The molecule has 0 aliphatic heterocycles. The number of fused-ring (bicyclic) bond motifs is 1. The maximum atomic E-state index is 11.7. The summed E-state index contributed by atoms with van der Waals surface area (Å²) in [4.78, 5) is 11.7. The van der Waals surface area contributed by atoms with Crippen molar-refractivity contribution in [2.45, 2.75) is 52.9 Å². The third-order valence-corrected chi connectivity index (χ3v) is 4.06. The molecule has 0 amide bonds. The number of nitrogens with two attached hydrogens (primary N) is 1. The van der Waals surface area contributed by atoms with Crippen molar-refractivity contribution in [1.29, 1.82) is 0 Å². The van der Waals surface area contributed by atoms with Gasteiger partial charge >= 0.3 is 5.63 Å². The van der Waals surface area contributed by atoms with Crippen molar-refractivity contribution in [3.8, 4) is 5.75 Å². The van der Waals surface area contributed by atoms with Gasteiger partial charge in [-0.05, 0) is 41.8 Å². The second kappa shape index (κ2) is 6.00. The van der Waals surface area contributed by atoms with Crippen molar-refractivity contribution < 1.29 is 9.52 Å². The first-order chi connectivity index (χ1) is 10.5. The normalized spacial score (nSPS) is 12.8. The average Bonchev–Trinajstić information content (AvgIpc) is 2.34. The molecule has 0 aliphatic rings. The second-order valence-electron chi connectivity index (χ2n) is 8.12. The van der Waals surface area contributed by atoms with E-state index in [-0.39, 0.29) is 16.6 Å². The summed E-state index contributed by atoms with van der Waals surface area (Å²) in [6, 6.07) is 4.99. The highest BCUT2D eigenvalue weighted by Gasteiger charge is 2.30. The standard InChI is InChI=1S/C19H27NO3/c1-18(2,3)11-19(4,5)14-9-13-12(6-7-20)8-17(22)23-16(13)10-15(14)21/h8-10,21H,6-7,11,20H2,1-5H3. The molecule has 0 unspecified atom stereocenters. The van der Waals surface area contributed by atoms with Gasteiger partial charge in [0.2, 0.25) is 0 Å². The third kappa shape index (κ3) is 3.94. The molecule has 126 valence electrons. The summed E-state index contributed by atoms with van der Waals surface area (Å²) in [7, 11) is 0. The molecule has 0 bridgehead atoms. The highest BCUT2D eigenvalue weighted by molar-refractivity contribution is 5.83. The highest BCUT2D eigenvalue weighted by Crippen LogP contribution is 2.41. The molecule has 2 aromatic rings. The Balaban J connectivity index is 2.66. The van der Waals surface area contributed by atoms with E-state index in [2.05, 4.69) is 34.6 Å². The molecule has 4 nitrogen and oxygen atoms in total. The van der Waals surface area contributed by atoms with Gasteiger partial charge in [0.05, 0.1) is 0 Å². The molecule has 0 saturated carbocycles. The predicted octanol–water partition coefficient (Wildman–Crippen LogP) is 3.71. The number of aromatic hydroxyl groups is 1. The van der Waals surface area contributed by atoms with Crippen molar-refractivity contribution in [2.24, 2.45) is 11.1 Å². The van der Waals surface area contributed by atoms with Gasteiger partial charge < -0.3 is 15.3 Å². The minimum Gasteiger partial charge on any atom is -0.508 e. The molecule has 4 heteroatoms. The minimum atomic E-state index is -0.415. The van der Waals surface area contributed by atoms with Crippen LogP contribution < -0.4 is 11.4 Å². The number of phenolic OH excluding ortho intramolecular Hbond substituents is 1. The molecule has 0 fully saturated rings. The molecule has 0 saturated heterocycles. The van der Waals surface area contributed by atoms with Crippen molar-refractivity contribution in [3.63, 3.8) is 0 Å². The van der Waals surface area contributed by atoms with Gasteiger partial charge in [-0.15, -0.1) is 0 Å². The van der Waals surface area contributed by atoms with Gasteiger partial charge in [0.15, 0.2) is 0 Å². The molecular weight excluding hydrogens is 290 g/mol. The van der Waals surface area contributed by atoms with Crippen LogP contribution in [0.4, 0.5) is 0 Å². The van der Waals surface area contributed by atoms with Crippen LogP contribution in [0, 0.1) is 5.41 Å². The lowest BCUT2D eigenvalue weighted by atomic mass is 9.72. The van der Waals surface area contributed by atoms with Crippen LogP contribution in [0.15, 0.2) is 27.4 Å². The first kappa shape index (κ1) is 17.5. The smallest absolute Gasteiger partial charge is 0.336 e. The summed E-state index contributed by atoms with van der Waals surface area (Å²) in [6.45, 7) is 11.3. The summed E-state index contributed by atoms with van der Waals surface area (Å²) in [5.74, 6) is 0.166. The fraction of sp³-hybridized carbons (Fsp3) is 0.526. The molecule has 0 spiro atoms. The summed E-state index contributed by atoms with van der Waals surface area (Å²) in [6.07, 6.45) is 1.52. The number of hydrogen-bond acceptors (Lipinski definition) is 4. The van der Waals surface area contributed by atoms with Gasteiger partial charge in [0, 0.05) is 23.1 Å². The minimum absolute atomic E-state index is 0.133. The van der Waals surface area contributed by atoms with E-state index in [0.29, 0.717) is 18.5 Å². The third-order valence-electron chi connectivity index (χ3n) is 4.06. The van der Waals surface area contributed by atoms with Crippen LogP contribution in [0.1, 0.15) is 52.2 Å². The maximum Gasteiger partial charge on any atom is 0.336 e. The molecule has 1 aromatic carbocycles. The molecule has 0 atom stereocenters. The zero-order valence-electron chi connectivity index (χ0n) is 14.7. The van der Waals surface area contributed by atoms with Crippen LogP contribution >= 0.6 is 0 Å². The average molecular weight is 317 g/mol. The Bertz CT molecular complexity index is 767. The van der Waals surface area contributed by atoms with Crippen LogP contribution in [-0.4, -0.2) is 11.7 Å². The summed E-state index contributed by atoms with van der Waals surface area (Å²) in [5.41, 5.74) is 7.32. The largest absolute Gasteiger partial charge is 0.508 e. The molecule has 3 N–H and O–H groups in total. The van der Waals surface area contributed by atoms with Crippen molar-refractivity contribution in [3.05, 3.63) is 39.7 Å². The quantitative estimate of drug-likeness (QED) is 0.843. The van der Waals surface area contributed by atoms with Gasteiger partial charge in [0.25, 0.3) is 0 Å². The first-order valence-electron chi connectivity index (χ1n) is 8.04. The Morgan fingerprint density at radius 1 is 1.13 bits per heavy atom. The Labute approximate surface area is 137 Å². The van der Waals surface area contributed by atoms with E-state index in [4.69, 9.17) is 10.2 Å². The Hall–Kier alpha value is -1.81. The lowest BCUT2D eigenvalue weighted by Gasteiger charge is -2.33. The topological polar surface area (TPSA) is 76.5 Å². The number of benzene rings is 1. The zero-order valence-corrected chi connectivity index (χ0v) is 14.7. The van der Waals surface area contributed by atoms with Crippen LogP contribution in [0.5, 0.6) is 5.75 Å². The molecule has 1 heterocycles. The fourth-order valence-electron chi connectivity index (χ4n) is 3.59. The van der Waals surface area contributed by atoms with Crippen molar-refractivity contribution in [2.75, 3.05) is 6.54 Å². The molecular formula is C19H27NO3.